The number of allylic oxidation sites excluding steroid dienone is 2. The molecule has 0 radical (unpaired) electrons. The number of nitrogens with one attached hydrogen (secondary N) is 2. The Morgan fingerprint density at radius 1 is 1.41 bits per heavy atom. The number of hydrogen-bond acceptors (Lipinski definition) is 3. The Morgan fingerprint density at radius 3 is 2.65 bits per heavy atom. The van der Waals surface area contributed by atoms with Crippen LogP contribution in [0.25, 0.3) is 0 Å². The zero-order chi connectivity index (χ0) is 12.5. The fourth-order valence-corrected chi connectivity index (χ4v) is 2.53. The molecule has 0 saturated heterocycles. The predicted octanol–water partition coefficient (Wildman–Crippen LogP) is 1.68. The van der Waals surface area contributed by atoms with Crippen LogP contribution in [-0.4, -0.2) is 24.5 Å². The fourth-order valence-electron chi connectivity index (χ4n) is 2.16. The predicted molar refractivity (Wildman–Crippen MR) is 58.9 cm³/mol. The van der Waals surface area contributed by atoms with Crippen LogP contribution in [-0.2, 0) is 4.79 Å². The SMILES string of the molecule is O=C(CNSC(F)(F)F)NCC1CC2C=CC21. The van der Waals surface area contributed by atoms with Crippen LogP contribution in [0.4, 0.5) is 13.2 Å². The van der Waals surface area contributed by atoms with Crippen LogP contribution in [0.5, 0.6) is 0 Å². The zero-order valence-corrected chi connectivity index (χ0v) is 9.77. The van der Waals surface area contributed by atoms with Crippen molar-refractivity contribution in [3.05, 3.63) is 12.2 Å². The molecule has 0 heterocycles. The van der Waals surface area contributed by atoms with Crippen LogP contribution in [0, 0.1) is 17.8 Å². The lowest BCUT2D eigenvalue weighted by Gasteiger charge is -2.47. The average molecular weight is 266 g/mol. The highest BCUT2D eigenvalue weighted by molar-refractivity contribution is 7.98. The van der Waals surface area contributed by atoms with Gasteiger partial charge in [0.15, 0.2) is 0 Å². The second-order valence-corrected chi connectivity index (χ2v) is 5.25. The maximum atomic E-state index is 11.7. The number of hydrogen-bond donors (Lipinski definition) is 2. The van der Waals surface area contributed by atoms with Gasteiger partial charge in [-0.1, -0.05) is 12.2 Å². The molecule has 2 rings (SSSR count). The molecule has 0 spiro atoms. The first-order valence-electron chi connectivity index (χ1n) is 5.38. The maximum absolute atomic E-state index is 11.7. The third kappa shape index (κ3) is 3.38. The van der Waals surface area contributed by atoms with Crippen LogP contribution in [0.15, 0.2) is 12.2 Å². The zero-order valence-electron chi connectivity index (χ0n) is 8.96. The van der Waals surface area contributed by atoms with Crippen LogP contribution < -0.4 is 10.0 Å². The number of alkyl halides is 3. The van der Waals surface area contributed by atoms with Crippen molar-refractivity contribution < 1.29 is 18.0 Å². The molecule has 0 aromatic carbocycles. The standard InChI is InChI=1S/C10H13F3N2OS/c11-10(12,13)17-15-5-9(16)14-4-7-3-6-1-2-8(6)7/h1-2,6-8,15H,3-5H2,(H,14,16). The molecule has 2 N–H and O–H groups in total. The van der Waals surface area contributed by atoms with Crippen molar-refractivity contribution in [2.45, 2.75) is 11.9 Å². The summed E-state index contributed by atoms with van der Waals surface area (Å²) in [7, 11) is 0. The molecule has 3 atom stereocenters. The summed E-state index contributed by atoms with van der Waals surface area (Å²) in [6.45, 7) is 0.240. The highest BCUT2D eigenvalue weighted by Gasteiger charge is 2.42. The molecule has 3 nitrogen and oxygen atoms in total. The van der Waals surface area contributed by atoms with Crippen molar-refractivity contribution in [3.63, 3.8) is 0 Å². The van der Waals surface area contributed by atoms with Crippen molar-refractivity contribution in [1.29, 1.82) is 0 Å². The number of carbonyl (C=O) groups excluding carboxylic acids is 1. The molecule has 96 valence electrons. The summed E-state index contributed by atoms with van der Waals surface area (Å²) in [6, 6.07) is 0. The molecule has 0 bridgehead atoms. The van der Waals surface area contributed by atoms with E-state index in [1.807, 2.05) is 4.72 Å². The van der Waals surface area contributed by atoms with Gasteiger partial charge in [0.2, 0.25) is 5.91 Å². The summed E-state index contributed by atoms with van der Waals surface area (Å²) in [4.78, 5) is 11.2. The summed E-state index contributed by atoms with van der Waals surface area (Å²) in [6.07, 6.45) is 5.36. The van der Waals surface area contributed by atoms with Gasteiger partial charge in [0, 0.05) is 18.5 Å². The fraction of sp³-hybridized carbons (Fsp3) is 0.700. The van der Waals surface area contributed by atoms with E-state index >= 15 is 0 Å². The van der Waals surface area contributed by atoms with Gasteiger partial charge in [-0.15, -0.1) is 0 Å². The summed E-state index contributed by atoms with van der Waals surface area (Å²) < 4.78 is 37.2. The highest BCUT2D eigenvalue weighted by Crippen LogP contribution is 2.48. The van der Waals surface area contributed by atoms with E-state index in [9.17, 15) is 18.0 Å². The topological polar surface area (TPSA) is 41.1 Å². The number of fused-ring (bicyclic) bond motifs is 1. The Balaban J connectivity index is 1.54. The van der Waals surface area contributed by atoms with Crippen molar-refractivity contribution in [2.75, 3.05) is 13.1 Å². The lowest BCUT2D eigenvalue weighted by Crippen LogP contribution is -2.46. The summed E-state index contributed by atoms with van der Waals surface area (Å²) in [5, 5.41) is 2.64. The summed E-state index contributed by atoms with van der Waals surface area (Å²) in [5.74, 6) is 1.32. The van der Waals surface area contributed by atoms with E-state index in [-0.39, 0.29) is 6.54 Å². The first kappa shape index (κ1) is 12.8. The Morgan fingerprint density at radius 2 is 2.18 bits per heavy atom. The van der Waals surface area contributed by atoms with Gasteiger partial charge in [0.25, 0.3) is 0 Å². The molecule has 0 aliphatic heterocycles. The first-order chi connectivity index (χ1) is 7.96. The molecule has 0 aromatic rings. The number of rotatable bonds is 5. The second kappa shape index (κ2) is 4.89. The molecule has 1 amide bonds. The Bertz CT molecular complexity index is 332. The van der Waals surface area contributed by atoms with E-state index in [1.165, 1.54) is 0 Å². The van der Waals surface area contributed by atoms with Gasteiger partial charge in [-0.25, -0.2) is 4.72 Å². The minimum Gasteiger partial charge on any atom is -0.355 e. The molecule has 1 saturated carbocycles. The average Bonchev–Trinajstić information content (AvgIpc) is 2.18. The number of halogens is 3. The smallest absolute Gasteiger partial charge is 0.355 e. The Kier molecular flexibility index (Phi) is 3.67. The van der Waals surface area contributed by atoms with Gasteiger partial charge >= 0.3 is 5.51 Å². The maximum Gasteiger partial charge on any atom is 0.456 e. The molecule has 2 aliphatic rings. The number of carbonyl (C=O) groups is 1. The van der Waals surface area contributed by atoms with Crippen molar-refractivity contribution in [1.82, 2.24) is 10.0 Å². The second-order valence-electron chi connectivity index (χ2n) is 4.29. The van der Waals surface area contributed by atoms with Crippen LogP contribution in [0.3, 0.4) is 0 Å². The minimum absolute atomic E-state index is 0.319. The van der Waals surface area contributed by atoms with Crippen LogP contribution >= 0.6 is 11.9 Å². The monoisotopic (exact) mass is 266 g/mol. The van der Waals surface area contributed by atoms with E-state index in [2.05, 4.69) is 17.5 Å². The van der Waals surface area contributed by atoms with E-state index in [0.717, 1.165) is 6.42 Å². The van der Waals surface area contributed by atoms with Gasteiger partial charge in [-0.2, -0.15) is 13.2 Å². The van der Waals surface area contributed by atoms with E-state index < -0.39 is 23.4 Å². The van der Waals surface area contributed by atoms with Crippen LogP contribution in [0.2, 0.25) is 0 Å². The molecular formula is C10H13F3N2OS. The van der Waals surface area contributed by atoms with E-state index in [1.54, 1.807) is 0 Å². The summed E-state index contributed by atoms with van der Waals surface area (Å²) >= 11 is -0.394. The van der Waals surface area contributed by atoms with E-state index in [4.69, 9.17) is 0 Å². The normalized spacial score (nSPS) is 30.2. The third-order valence-electron chi connectivity index (χ3n) is 3.18. The van der Waals surface area contributed by atoms with Gasteiger partial charge in [0.05, 0.1) is 6.54 Å². The molecule has 1 fully saturated rings. The lowest BCUT2D eigenvalue weighted by molar-refractivity contribution is -0.120. The Labute approximate surface area is 101 Å². The van der Waals surface area contributed by atoms with Crippen LogP contribution in [0.1, 0.15) is 6.42 Å². The van der Waals surface area contributed by atoms with Gasteiger partial charge in [0.1, 0.15) is 0 Å². The minimum atomic E-state index is -4.35. The number of amides is 1. The third-order valence-corrected chi connectivity index (χ3v) is 3.70. The van der Waals surface area contributed by atoms with Crippen molar-refractivity contribution in [3.8, 4) is 0 Å². The van der Waals surface area contributed by atoms with Gasteiger partial charge < -0.3 is 5.32 Å². The van der Waals surface area contributed by atoms with E-state index in [0.29, 0.717) is 24.3 Å². The quantitative estimate of drug-likeness (QED) is 0.587. The van der Waals surface area contributed by atoms with Gasteiger partial charge in [-0.3, -0.25) is 4.79 Å². The molecule has 0 aromatic heterocycles. The summed E-state index contributed by atoms with van der Waals surface area (Å²) in [5.41, 5.74) is -4.35. The molecule has 2 aliphatic carbocycles. The Hall–Kier alpha value is -0.690. The van der Waals surface area contributed by atoms with Gasteiger partial charge in [-0.05, 0) is 24.2 Å². The molecule has 7 heteroatoms. The van der Waals surface area contributed by atoms with Crippen molar-refractivity contribution >= 4 is 17.9 Å². The molecular weight excluding hydrogens is 253 g/mol. The highest BCUT2D eigenvalue weighted by atomic mass is 32.2. The van der Waals surface area contributed by atoms with Crippen molar-refractivity contribution in [2.24, 2.45) is 17.8 Å². The lowest BCUT2D eigenvalue weighted by atomic mass is 9.58. The molecule has 17 heavy (non-hydrogen) atoms. The largest absolute Gasteiger partial charge is 0.456 e. The molecule has 3 unspecified atom stereocenters. The first-order valence-corrected chi connectivity index (χ1v) is 6.20.